The second-order valence-electron chi connectivity index (χ2n) is 7.60. The van der Waals surface area contributed by atoms with Crippen molar-refractivity contribution in [2.24, 2.45) is 0 Å². The number of benzene rings is 3. The zero-order valence-electron chi connectivity index (χ0n) is 17.5. The number of rotatable bonds is 4. The van der Waals surface area contributed by atoms with Crippen molar-refractivity contribution >= 4 is 22.5 Å². The summed E-state index contributed by atoms with van der Waals surface area (Å²) in [5.74, 6) is -0.748. The third-order valence-corrected chi connectivity index (χ3v) is 5.27. The highest BCUT2D eigenvalue weighted by molar-refractivity contribution is 6.08. The first kappa shape index (κ1) is 20.3. The molecule has 5 aromatic rings. The zero-order valence-corrected chi connectivity index (χ0v) is 17.5. The van der Waals surface area contributed by atoms with E-state index in [1.165, 1.54) is 18.5 Å². The van der Waals surface area contributed by atoms with Gasteiger partial charge in [0.2, 0.25) is 0 Å². The van der Waals surface area contributed by atoms with Gasteiger partial charge < -0.3 is 10.3 Å². The molecule has 0 aliphatic carbocycles. The lowest BCUT2D eigenvalue weighted by atomic mass is 10.1. The van der Waals surface area contributed by atoms with Gasteiger partial charge in [-0.05, 0) is 49.4 Å². The normalized spacial score (nSPS) is 11.0. The van der Waals surface area contributed by atoms with Crippen LogP contribution in [0.3, 0.4) is 0 Å². The fourth-order valence-corrected chi connectivity index (χ4v) is 3.54. The van der Waals surface area contributed by atoms with Gasteiger partial charge in [-0.25, -0.2) is 14.1 Å². The molecule has 2 aromatic heterocycles. The average molecular weight is 439 g/mol. The molecule has 3 aromatic carbocycles. The summed E-state index contributed by atoms with van der Waals surface area (Å²) in [5, 5.41) is 7.82. The summed E-state index contributed by atoms with van der Waals surface area (Å²) in [6.45, 7) is 1.98. The van der Waals surface area contributed by atoms with E-state index < -0.39 is 5.91 Å². The topological polar surface area (TPSA) is 92.7 Å². The smallest absolute Gasteiger partial charge is 0.259 e. The standard InChI is InChI=1S/C25H18FN5O2/c1-15-2-4-16(5-3-15)23-21(13-31(30-23)19-9-6-17(26)7-10-19)25(33)29-18-8-11-22-20(12-18)24(32)28-14-27-22/h2-14H,1H3,(H,29,33)(H,27,28,32). The van der Waals surface area contributed by atoms with Gasteiger partial charge in [0, 0.05) is 17.4 Å². The maximum atomic E-state index is 13.4. The first-order chi connectivity index (χ1) is 16.0. The van der Waals surface area contributed by atoms with Crippen molar-refractivity contribution < 1.29 is 9.18 Å². The highest BCUT2D eigenvalue weighted by Crippen LogP contribution is 2.26. The van der Waals surface area contributed by atoms with E-state index >= 15 is 0 Å². The van der Waals surface area contributed by atoms with Crippen molar-refractivity contribution in [2.45, 2.75) is 6.92 Å². The number of carbonyl (C=O) groups excluding carboxylic acids is 1. The Morgan fingerprint density at radius 2 is 1.79 bits per heavy atom. The molecule has 0 aliphatic rings. The predicted molar refractivity (Wildman–Crippen MR) is 124 cm³/mol. The SMILES string of the molecule is Cc1ccc(-c2nn(-c3ccc(F)cc3)cc2C(=O)Nc2ccc3nc[nH]c(=O)c3c2)cc1. The Kier molecular flexibility index (Phi) is 5.02. The first-order valence-corrected chi connectivity index (χ1v) is 10.2. The van der Waals surface area contributed by atoms with E-state index in [0.29, 0.717) is 33.5 Å². The lowest BCUT2D eigenvalue weighted by Gasteiger charge is -2.06. The van der Waals surface area contributed by atoms with Crippen LogP contribution in [-0.2, 0) is 0 Å². The van der Waals surface area contributed by atoms with Crippen LogP contribution in [0.5, 0.6) is 0 Å². The van der Waals surface area contributed by atoms with E-state index in [1.54, 1.807) is 41.2 Å². The summed E-state index contributed by atoms with van der Waals surface area (Å²) < 4.78 is 14.9. The van der Waals surface area contributed by atoms with Crippen LogP contribution in [0, 0.1) is 12.7 Å². The first-order valence-electron chi connectivity index (χ1n) is 10.2. The van der Waals surface area contributed by atoms with Crippen molar-refractivity contribution in [1.29, 1.82) is 0 Å². The number of H-pyrrole nitrogens is 1. The number of nitrogens with one attached hydrogen (secondary N) is 2. The molecular formula is C25H18FN5O2. The maximum Gasteiger partial charge on any atom is 0.259 e. The summed E-state index contributed by atoms with van der Waals surface area (Å²) in [4.78, 5) is 32.0. The number of hydrogen-bond acceptors (Lipinski definition) is 4. The molecule has 8 heteroatoms. The van der Waals surface area contributed by atoms with Crippen molar-refractivity contribution in [3.05, 3.63) is 107 Å². The quantitative estimate of drug-likeness (QED) is 0.432. The zero-order chi connectivity index (χ0) is 22.9. The minimum absolute atomic E-state index is 0.291. The van der Waals surface area contributed by atoms with Crippen LogP contribution >= 0.6 is 0 Å². The van der Waals surface area contributed by atoms with E-state index in [2.05, 4.69) is 20.4 Å². The summed E-state index contributed by atoms with van der Waals surface area (Å²) in [6, 6.07) is 18.5. The van der Waals surface area contributed by atoms with Gasteiger partial charge in [-0.15, -0.1) is 0 Å². The molecule has 0 unspecified atom stereocenters. The van der Waals surface area contributed by atoms with Gasteiger partial charge in [0.05, 0.1) is 28.5 Å². The monoisotopic (exact) mass is 439 g/mol. The number of aromatic amines is 1. The van der Waals surface area contributed by atoms with Crippen molar-refractivity contribution in [1.82, 2.24) is 19.7 Å². The van der Waals surface area contributed by atoms with E-state index in [9.17, 15) is 14.0 Å². The lowest BCUT2D eigenvalue weighted by Crippen LogP contribution is -2.13. The van der Waals surface area contributed by atoms with Gasteiger partial charge in [-0.1, -0.05) is 29.8 Å². The Balaban J connectivity index is 1.56. The number of aryl methyl sites for hydroxylation is 1. The summed E-state index contributed by atoms with van der Waals surface area (Å²) in [7, 11) is 0. The minimum Gasteiger partial charge on any atom is -0.322 e. The number of amides is 1. The number of fused-ring (bicyclic) bond motifs is 1. The molecule has 0 bridgehead atoms. The molecule has 0 saturated heterocycles. The number of aromatic nitrogens is 4. The Hall–Kier alpha value is -4.59. The van der Waals surface area contributed by atoms with Gasteiger partial charge >= 0.3 is 0 Å². The number of halogens is 1. The Morgan fingerprint density at radius 1 is 1.03 bits per heavy atom. The molecule has 2 N–H and O–H groups in total. The summed E-state index contributed by atoms with van der Waals surface area (Å²) in [5.41, 5.74) is 3.98. The van der Waals surface area contributed by atoms with Crippen molar-refractivity contribution in [3.8, 4) is 16.9 Å². The van der Waals surface area contributed by atoms with Crippen LogP contribution in [-0.4, -0.2) is 25.7 Å². The number of carbonyl (C=O) groups is 1. The Morgan fingerprint density at radius 3 is 2.55 bits per heavy atom. The molecule has 162 valence electrons. The molecule has 5 rings (SSSR count). The fraction of sp³-hybridized carbons (Fsp3) is 0.0400. The average Bonchev–Trinajstić information content (AvgIpc) is 3.26. The maximum absolute atomic E-state index is 13.4. The van der Waals surface area contributed by atoms with E-state index in [0.717, 1.165) is 11.1 Å². The largest absolute Gasteiger partial charge is 0.322 e. The molecule has 0 atom stereocenters. The van der Waals surface area contributed by atoms with Gasteiger partial charge in [-0.3, -0.25) is 9.59 Å². The highest BCUT2D eigenvalue weighted by atomic mass is 19.1. The van der Waals surface area contributed by atoms with E-state index in [1.807, 2.05) is 31.2 Å². The molecule has 0 saturated carbocycles. The molecule has 0 fully saturated rings. The molecule has 0 aliphatic heterocycles. The molecule has 2 heterocycles. The molecule has 0 radical (unpaired) electrons. The van der Waals surface area contributed by atoms with Gasteiger partial charge in [-0.2, -0.15) is 5.10 Å². The molecule has 1 amide bonds. The second kappa shape index (κ2) is 8.16. The van der Waals surface area contributed by atoms with Crippen molar-refractivity contribution in [2.75, 3.05) is 5.32 Å². The van der Waals surface area contributed by atoms with Gasteiger partial charge in [0.25, 0.3) is 11.5 Å². The molecular weight excluding hydrogens is 421 g/mol. The third kappa shape index (κ3) is 4.01. The van der Waals surface area contributed by atoms with Crippen molar-refractivity contribution in [3.63, 3.8) is 0 Å². The van der Waals surface area contributed by atoms with E-state index in [4.69, 9.17) is 0 Å². The van der Waals surface area contributed by atoms with E-state index in [-0.39, 0.29) is 11.4 Å². The van der Waals surface area contributed by atoms with Crippen LogP contribution in [0.4, 0.5) is 10.1 Å². The summed E-state index contributed by atoms with van der Waals surface area (Å²) in [6.07, 6.45) is 2.94. The number of anilines is 1. The Bertz CT molecular complexity index is 1540. The summed E-state index contributed by atoms with van der Waals surface area (Å²) >= 11 is 0. The molecule has 33 heavy (non-hydrogen) atoms. The number of nitrogens with zero attached hydrogens (tertiary/aromatic N) is 3. The van der Waals surface area contributed by atoms with Crippen LogP contribution in [0.2, 0.25) is 0 Å². The van der Waals surface area contributed by atoms with Crippen LogP contribution in [0.1, 0.15) is 15.9 Å². The Labute approximate surface area is 187 Å². The van der Waals surface area contributed by atoms with Crippen LogP contribution in [0.25, 0.3) is 27.8 Å². The number of hydrogen-bond donors (Lipinski definition) is 2. The van der Waals surface area contributed by atoms with Gasteiger partial charge in [0.1, 0.15) is 11.5 Å². The fourth-order valence-electron chi connectivity index (χ4n) is 3.54. The minimum atomic E-state index is -0.390. The molecule has 0 spiro atoms. The second-order valence-corrected chi connectivity index (χ2v) is 7.60. The van der Waals surface area contributed by atoms with Crippen LogP contribution in [0.15, 0.2) is 84.0 Å². The molecule has 7 nitrogen and oxygen atoms in total. The predicted octanol–water partition coefficient (Wildman–Crippen LogP) is 4.48. The van der Waals surface area contributed by atoms with Gasteiger partial charge in [0.15, 0.2) is 0 Å². The third-order valence-electron chi connectivity index (χ3n) is 5.27. The van der Waals surface area contributed by atoms with Crippen LogP contribution < -0.4 is 10.9 Å². The lowest BCUT2D eigenvalue weighted by molar-refractivity contribution is 0.102. The highest BCUT2D eigenvalue weighted by Gasteiger charge is 2.19.